The van der Waals surface area contributed by atoms with Crippen LogP contribution in [0, 0.1) is 18.8 Å². The standard InChI is InChI=1S/C22H29NO5S/c1-15-4-6-17(7-5-15)12-19(24)13-29(25,26)14-21-16(2)28-22(23-21)18-8-10-20(27-3)11-9-18/h8-11,15,17H,4-7,12-14H2,1-3H3. The number of methoxy groups -OCH3 is 1. The lowest BCUT2D eigenvalue weighted by Gasteiger charge is -2.25. The van der Waals surface area contributed by atoms with Crippen LogP contribution in [0.1, 0.15) is 50.5 Å². The number of hydrogen-bond donors (Lipinski definition) is 0. The average Bonchev–Trinajstić information content (AvgIpc) is 3.03. The van der Waals surface area contributed by atoms with Crippen LogP contribution in [0.25, 0.3) is 11.5 Å². The minimum atomic E-state index is -3.59. The number of ketones is 1. The van der Waals surface area contributed by atoms with E-state index in [9.17, 15) is 13.2 Å². The largest absolute Gasteiger partial charge is 0.497 e. The van der Waals surface area contributed by atoms with Crippen LogP contribution in [-0.4, -0.2) is 32.0 Å². The van der Waals surface area contributed by atoms with E-state index in [1.54, 1.807) is 38.3 Å². The number of nitrogens with zero attached hydrogens (tertiary/aromatic N) is 1. The minimum absolute atomic E-state index is 0.193. The Morgan fingerprint density at radius 1 is 1.17 bits per heavy atom. The van der Waals surface area contributed by atoms with Gasteiger partial charge in [0.2, 0.25) is 5.89 Å². The lowest BCUT2D eigenvalue weighted by molar-refractivity contribution is -0.117. The average molecular weight is 420 g/mol. The normalized spacial score (nSPS) is 19.8. The third-order valence-electron chi connectivity index (χ3n) is 5.62. The first-order chi connectivity index (χ1) is 13.8. The molecule has 0 atom stereocenters. The molecule has 1 aliphatic carbocycles. The summed E-state index contributed by atoms with van der Waals surface area (Å²) >= 11 is 0. The van der Waals surface area contributed by atoms with Crippen LogP contribution in [0.15, 0.2) is 28.7 Å². The van der Waals surface area contributed by atoms with Crippen LogP contribution in [-0.2, 0) is 20.4 Å². The van der Waals surface area contributed by atoms with Gasteiger partial charge in [-0.25, -0.2) is 13.4 Å². The summed E-state index contributed by atoms with van der Waals surface area (Å²) < 4.78 is 35.9. The Labute approximate surface area is 172 Å². The zero-order chi connectivity index (χ0) is 21.0. The van der Waals surface area contributed by atoms with Crippen molar-refractivity contribution in [3.63, 3.8) is 0 Å². The number of sulfone groups is 1. The zero-order valence-electron chi connectivity index (χ0n) is 17.3. The van der Waals surface area contributed by atoms with Crippen molar-refractivity contribution >= 4 is 15.6 Å². The maximum Gasteiger partial charge on any atom is 0.226 e. The molecule has 1 aliphatic rings. The van der Waals surface area contributed by atoms with Crippen molar-refractivity contribution in [3.05, 3.63) is 35.7 Å². The van der Waals surface area contributed by atoms with Crippen LogP contribution in [0.4, 0.5) is 0 Å². The monoisotopic (exact) mass is 419 g/mol. The summed E-state index contributed by atoms with van der Waals surface area (Å²) in [7, 11) is -2.00. The van der Waals surface area contributed by atoms with Gasteiger partial charge < -0.3 is 9.15 Å². The van der Waals surface area contributed by atoms with Gasteiger partial charge in [-0.3, -0.25) is 4.79 Å². The van der Waals surface area contributed by atoms with E-state index in [2.05, 4.69) is 11.9 Å². The highest BCUT2D eigenvalue weighted by Crippen LogP contribution is 2.31. The number of carbonyl (C=O) groups excluding carboxylic acids is 1. The molecule has 0 amide bonds. The third kappa shape index (κ3) is 5.92. The molecule has 0 saturated heterocycles. The first-order valence-electron chi connectivity index (χ1n) is 10.1. The smallest absolute Gasteiger partial charge is 0.226 e. The number of benzene rings is 1. The van der Waals surface area contributed by atoms with E-state index in [-0.39, 0.29) is 11.5 Å². The highest BCUT2D eigenvalue weighted by molar-refractivity contribution is 7.91. The summed E-state index contributed by atoms with van der Waals surface area (Å²) in [6.45, 7) is 3.92. The van der Waals surface area contributed by atoms with Gasteiger partial charge in [0.25, 0.3) is 0 Å². The number of ether oxygens (including phenoxy) is 1. The zero-order valence-corrected chi connectivity index (χ0v) is 18.1. The first-order valence-corrected chi connectivity index (χ1v) is 11.9. The molecule has 158 valence electrons. The number of oxazole rings is 1. The molecular formula is C22H29NO5S. The molecule has 1 heterocycles. The van der Waals surface area contributed by atoms with Gasteiger partial charge in [0.1, 0.15) is 23.0 Å². The van der Waals surface area contributed by atoms with Crippen molar-refractivity contribution in [2.75, 3.05) is 12.9 Å². The van der Waals surface area contributed by atoms with Crippen molar-refractivity contribution in [2.45, 2.75) is 51.7 Å². The van der Waals surface area contributed by atoms with Crippen molar-refractivity contribution in [1.82, 2.24) is 4.98 Å². The molecule has 3 rings (SSSR count). The summed E-state index contributed by atoms with van der Waals surface area (Å²) in [5.41, 5.74) is 1.09. The molecule has 7 heteroatoms. The van der Waals surface area contributed by atoms with Crippen LogP contribution in [0.2, 0.25) is 0 Å². The molecule has 1 aromatic heterocycles. The number of rotatable bonds is 8. The fraction of sp³-hybridized carbons (Fsp3) is 0.545. The van der Waals surface area contributed by atoms with Gasteiger partial charge >= 0.3 is 0 Å². The Balaban J connectivity index is 1.62. The Morgan fingerprint density at radius 2 is 1.83 bits per heavy atom. The van der Waals surface area contributed by atoms with Gasteiger partial charge in [-0.1, -0.05) is 19.8 Å². The number of carbonyl (C=O) groups is 1. The Hall–Kier alpha value is -2.15. The molecule has 1 saturated carbocycles. The number of hydrogen-bond acceptors (Lipinski definition) is 6. The van der Waals surface area contributed by atoms with Crippen LogP contribution in [0.3, 0.4) is 0 Å². The molecule has 0 bridgehead atoms. The number of aromatic nitrogens is 1. The van der Waals surface area contributed by atoms with E-state index >= 15 is 0 Å². The fourth-order valence-corrected chi connectivity index (χ4v) is 5.23. The second-order valence-corrected chi connectivity index (χ2v) is 10.2. The predicted molar refractivity (Wildman–Crippen MR) is 111 cm³/mol. The Bertz CT molecular complexity index is 938. The van der Waals surface area contributed by atoms with Gasteiger partial charge in [0, 0.05) is 12.0 Å². The molecule has 0 unspecified atom stereocenters. The van der Waals surface area contributed by atoms with Gasteiger partial charge in [0.05, 0.1) is 18.6 Å². The molecule has 0 N–H and O–H groups in total. The van der Waals surface area contributed by atoms with E-state index in [1.807, 2.05) is 0 Å². The summed E-state index contributed by atoms with van der Waals surface area (Å²) in [6.07, 6.45) is 4.63. The number of Topliss-reactive ketones (excluding diaryl/α,β-unsaturated/α-hetero) is 1. The van der Waals surface area contributed by atoms with E-state index in [0.717, 1.165) is 31.2 Å². The van der Waals surface area contributed by atoms with Crippen molar-refractivity contribution in [1.29, 1.82) is 0 Å². The maximum atomic E-state index is 12.6. The molecule has 1 fully saturated rings. The topological polar surface area (TPSA) is 86.5 Å². The summed E-state index contributed by atoms with van der Waals surface area (Å²) in [6, 6.07) is 7.18. The van der Waals surface area contributed by atoms with Crippen molar-refractivity contribution in [3.8, 4) is 17.2 Å². The maximum absolute atomic E-state index is 12.6. The van der Waals surface area contributed by atoms with Gasteiger partial charge in [-0.2, -0.15) is 0 Å². The molecule has 6 nitrogen and oxygen atoms in total. The van der Waals surface area contributed by atoms with E-state index < -0.39 is 15.6 Å². The van der Waals surface area contributed by atoms with Crippen molar-refractivity contribution < 1.29 is 22.4 Å². The second kappa shape index (κ2) is 9.11. The molecule has 0 radical (unpaired) electrons. The summed E-state index contributed by atoms with van der Waals surface area (Å²) in [4.78, 5) is 16.7. The summed E-state index contributed by atoms with van der Waals surface area (Å²) in [5.74, 6) is 1.65. The van der Waals surface area contributed by atoms with Gasteiger partial charge in [-0.05, 0) is 55.9 Å². The fourth-order valence-electron chi connectivity index (χ4n) is 3.84. The molecule has 2 aromatic rings. The Morgan fingerprint density at radius 3 is 2.45 bits per heavy atom. The minimum Gasteiger partial charge on any atom is -0.497 e. The highest BCUT2D eigenvalue weighted by Gasteiger charge is 2.25. The summed E-state index contributed by atoms with van der Waals surface area (Å²) in [5, 5.41) is 0. The van der Waals surface area contributed by atoms with E-state index in [0.29, 0.717) is 41.4 Å². The SMILES string of the molecule is COc1ccc(-c2nc(CS(=O)(=O)CC(=O)CC3CCC(C)CC3)c(C)o2)cc1. The third-order valence-corrected chi connectivity index (χ3v) is 7.09. The second-order valence-electron chi connectivity index (χ2n) is 8.15. The quantitative estimate of drug-likeness (QED) is 0.632. The highest BCUT2D eigenvalue weighted by atomic mass is 32.2. The number of aryl methyl sites for hydroxylation is 1. The first kappa shape index (κ1) is 21.6. The molecular weight excluding hydrogens is 390 g/mol. The Kier molecular flexibility index (Phi) is 6.77. The van der Waals surface area contributed by atoms with Crippen molar-refractivity contribution in [2.24, 2.45) is 11.8 Å². The molecule has 0 aliphatic heterocycles. The van der Waals surface area contributed by atoms with Crippen LogP contribution < -0.4 is 4.74 Å². The van der Waals surface area contributed by atoms with E-state index in [4.69, 9.17) is 9.15 Å². The van der Waals surface area contributed by atoms with Gasteiger partial charge in [-0.15, -0.1) is 0 Å². The predicted octanol–water partition coefficient (Wildman–Crippen LogP) is 4.36. The van der Waals surface area contributed by atoms with E-state index in [1.165, 1.54) is 0 Å². The molecule has 29 heavy (non-hydrogen) atoms. The van der Waals surface area contributed by atoms with Crippen LogP contribution >= 0.6 is 0 Å². The molecule has 1 aromatic carbocycles. The van der Waals surface area contributed by atoms with Gasteiger partial charge in [0.15, 0.2) is 9.84 Å². The molecule has 0 spiro atoms. The lowest BCUT2D eigenvalue weighted by Crippen LogP contribution is -2.22. The van der Waals surface area contributed by atoms with Crippen LogP contribution in [0.5, 0.6) is 5.75 Å². The lowest BCUT2D eigenvalue weighted by atomic mass is 9.81.